The number of nitrogens with one attached hydrogen (secondary N) is 2. The van der Waals surface area contributed by atoms with E-state index < -0.39 is 0 Å². The van der Waals surface area contributed by atoms with Crippen molar-refractivity contribution in [2.45, 2.75) is 31.7 Å². The van der Waals surface area contributed by atoms with E-state index in [1.807, 2.05) is 18.5 Å². The molecule has 1 atom stereocenters. The molecule has 3 N–H and O–H groups in total. The zero-order valence-corrected chi connectivity index (χ0v) is 16.7. The van der Waals surface area contributed by atoms with Gasteiger partial charge in [0.25, 0.3) is 0 Å². The maximum absolute atomic E-state index is 11.1. The SMILES string of the molecule is Cc1c[nH]c2ncc(-c3cc(O)c(C4CCOCC4)c(C4COCCN4)c3)cc12. The molecule has 1 aromatic carbocycles. The van der Waals surface area contributed by atoms with Gasteiger partial charge in [0, 0.05) is 48.7 Å². The lowest BCUT2D eigenvalue weighted by molar-refractivity contribution is 0.0737. The van der Waals surface area contributed by atoms with Crippen LogP contribution in [0.15, 0.2) is 30.6 Å². The molecule has 2 aromatic heterocycles. The summed E-state index contributed by atoms with van der Waals surface area (Å²) in [7, 11) is 0. The third kappa shape index (κ3) is 3.52. The molecule has 6 nitrogen and oxygen atoms in total. The summed E-state index contributed by atoms with van der Waals surface area (Å²) in [6.45, 7) is 5.72. The molecule has 1 unspecified atom stereocenters. The van der Waals surface area contributed by atoms with Gasteiger partial charge in [-0.25, -0.2) is 4.98 Å². The van der Waals surface area contributed by atoms with E-state index in [0.29, 0.717) is 18.3 Å². The van der Waals surface area contributed by atoms with Gasteiger partial charge in [0.2, 0.25) is 0 Å². The number of pyridine rings is 1. The number of benzene rings is 1. The summed E-state index contributed by atoms with van der Waals surface area (Å²) < 4.78 is 11.3. The molecule has 2 fully saturated rings. The van der Waals surface area contributed by atoms with Crippen molar-refractivity contribution in [1.29, 1.82) is 0 Å². The molecule has 152 valence electrons. The monoisotopic (exact) mass is 393 g/mol. The second-order valence-electron chi connectivity index (χ2n) is 8.06. The molecule has 0 saturated carbocycles. The molecule has 0 radical (unpaired) electrons. The van der Waals surface area contributed by atoms with Crippen molar-refractivity contribution in [2.75, 3.05) is 33.0 Å². The van der Waals surface area contributed by atoms with Gasteiger partial charge in [0.1, 0.15) is 11.4 Å². The fourth-order valence-corrected chi connectivity index (χ4v) is 4.60. The maximum Gasteiger partial charge on any atom is 0.137 e. The Labute approximate surface area is 170 Å². The fourth-order valence-electron chi connectivity index (χ4n) is 4.60. The van der Waals surface area contributed by atoms with Crippen LogP contribution in [0, 0.1) is 6.92 Å². The zero-order valence-electron chi connectivity index (χ0n) is 16.7. The van der Waals surface area contributed by atoms with Crippen molar-refractivity contribution < 1.29 is 14.6 Å². The molecule has 3 aromatic rings. The second kappa shape index (κ2) is 7.78. The first-order chi connectivity index (χ1) is 14.2. The predicted molar refractivity (Wildman–Crippen MR) is 112 cm³/mol. The van der Waals surface area contributed by atoms with Crippen LogP contribution in [0.25, 0.3) is 22.2 Å². The Morgan fingerprint density at radius 1 is 1.07 bits per heavy atom. The smallest absolute Gasteiger partial charge is 0.137 e. The Kier molecular flexibility index (Phi) is 4.99. The highest BCUT2D eigenvalue weighted by Crippen LogP contribution is 2.41. The number of H-pyrrole nitrogens is 1. The molecule has 0 amide bonds. The fraction of sp³-hybridized carbons (Fsp3) is 0.435. The van der Waals surface area contributed by atoms with Crippen LogP contribution in [0.2, 0.25) is 0 Å². The third-order valence-electron chi connectivity index (χ3n) is 6.19. The lowest BCUT2D eigenvalue weighted by atomic mass is 9.83. The standard InChI is InChI=1S/C23H27N3O3/c1-14-11-25-23-18(14)9-17(12-26-23)16-8-19(20-13-29-7-4-24-20)22(21(27)10-16)15-2-5-28-6-3-15/h8-12,15,20,24,27H,2-7,13H2,1H3,(H,25,26). The summed E-state index contributed by atoms with van der Waals surface area (Å²) in [4.78, 5) is 7.76. The van der Waals surface area contributed by atoms with Crippen molar-refractivity contribution in [1.82, 2.24) is 15.3 Å². The number of aryl methyl sites for hydroxylation is 1. The summed E-state index contributed by atoms with van der Waals surface area (Å²) >= 11 is 0. The molecule has 2 aliphatic heterocycles. The normalized spacial score (nSPS) is 20.9. The number of rotatable bonds is 3. The summed E-state index contributed by atoms with van der Waals surface area (Å²) in [5.41, 5.74) is 6.23. The maximum atomic E-state index is 11.1. The highest BCUT2D eigenvalue weighted by Gasteiger charge is 2.28. The van der Waals surface area contributed by atoms with E-state index in [-0.39, 0.29) is 6.04 Å². The molecular formula is C23H27N3O3. The Bertz CT molecular complexity index is 1020. The lowest BCUT2D eigenvalue weighted by Gasteiger charge is -2.31. The van der Waals surface area contributed by atoms with Gasteiger partial charge >= 0.3 is 0 Å². The van der Waals surface area contributed by atoms with Crippen LogP contribution >= 0.6 is 0 Å². The number of hydrogen-bond acceptors (Lipinski definition) is 5. The molecule has 4 heterocycles. The number of aromatic hydroxyl groups is 1. The first kappa shape index (κ1) is 18.6. The number of fused-ring (bicyclic) bond motifs is 1. The number of hydrogen-bond donors (Lipinski definition) is 3. The van der Waals surface area contributed by atoms with E-state index in [1.54, 1.807) is 0 Å². The van der Waals surface area contributed by atoms with Gasteiger partial charge in [-0.15, -0.1) is 0 Å². The summed E-state index contributed by atoms with van der Waals surface area (Å²) in [5, 5.41) is 15.8. The van der Waals surface area contributed by atoms with E-state index in [2.05, 4.69) is 34.3 Å². The number of nitrogens with zero attached hydrogens (tertiary/aromatic N) is 1. The summed E-state index contributed by atoms with van der Waals surface area (Å²) in [5.74, 6) is 0.673. The molecule has 2 aliphatic rings. The van der Waals surface area contributed by atoms with Crippen LogP contribution in [0.4, 0.5) is 0 Å². The van der Waals surface area contributed by atoms with E-state index in [0.717, 1.165) is 72.5 Å². The molecule has 0 aliphatic carbocycles. The Balaban J connectivity index is 1.62. The van der Waals surface area contributed by atoms with E-state index in [4.69, 9.17) is 9.47 Å². The Hall–Kier alpha value is -2.41. The molecule has 29 heavy (non-hydrogen) atoms. The lowest BCUT2D eigenvalue weighted by Crippen LogP contribution is -2.35. The van der Waals surface area contributed by atoms with Crippen LogP contribution in [-0.4, -0.2) is 48.0 Å². The van der Waals surface area contributed by atoms with Crippen LogP contribution in [-0.2, 0) is 9.47 Å². The topological polar surface area (TPSA) is 79.4 Å². The molecule has 0 spiro atoms. The zero-order chi connectivity index (χ0) is 19.8. The Morgan fingerprint density at radius 3 is 2.72 bits per heavy atom. The van der Waals surface area contributed by atoms with Crippen molar-refractivity contribution in [3.05, 3.63) is 47.3 Å². The number of phenols is 1. The van der Waals surface area contributed by atoms with Crippen molar-refractivity contribution in [2.24, 2.45) is 0 Å². The van der Waals surface area contributed by atoms with Crippen molar-refractivity contribution >= 4 is 11.0 Å². The van der Waals surface area contributed by atoms with Gasteiger partial charge in [-0.2, -0.15) is 0 Å². The average Bonchev–Trinajstić information content (AvgIpc) is 3.14. The predicted octanol–water partition coefficient (Wildman–Crippen LogP) is 3.80. The van der Waals surface area contributed by atoms with Crippen LogP contribution in [0.3, 0.4) is 0 Å². The quantitative estimate of drug-likeness (QED) is 0.631. The first-order valence-corrected chi connectivity index (χ1v) is 10.4. The van der Waals surface area contributed by atoms with E-state index >= 15 is 0 Å². The van der Waals surface area contributed by atoms with Gasteiger partial charge < -0.3 is 24.9 Å². The van der Waals surface area contributed by atoms with Crippen LogP contribution in [0.1, 0.15) is 41.5 Å². The number of aromatic amines is 1. The number of morpholine rings is 1. The largest absolute Gasteiger partial charge is 0.508 e. The average molecular weight is 393 g/mol. The minimum atomic E-state index is 0.0816. The molecule has 6 heteroatoms. The van der Waals surface area contributed by atoms with Gasteiger partial charge in [-0.05, 0) is 60.6 Å². The van der Waals surface area contributed by atoms with E-state index in [9.17, 15) is 5.11 Å². The first-order valence-electron chi connectivity index (χ1n) is 10.4. The summed E-state index contributed by atoms with van der Waals surface area (Å²) in [6, 6.07) is 6.33. The second-order valence-corrected chi connectivity index (χ2v) is 8.06. The van der Waals surface area contributed by atoms with Gasteiger partial charge in [-0.3, -0.25) is 0 Å². The number of aromatic nitrogens is 2. The summed E-state index contributed by atoms with van der Waals surface area (Å²) in [6.07, 6.45) is 5.71. The van der Waals surface area contributed by atoms with Crippen molar-refractivity contribution in [3.8, 4) is 16.9 Å². The number of phenolic OH excluding ortho intramolecular Hbond substituents is 1. The molecule has 5 rings (SSSR count). The van der Waals surface area contributed by atoms with Gasteiger partial charge in [0.05, 0.1) is 19.3 Å². The van der Waals surface area contributed by atoms with Gasteiger partial charge in [0.15, 0.2) is 0 Å². The van der Waals surface area contributed by atoms with Crippen LogP contribution in [0.5, 0.6) is 5.75 Å². The minimum Gasteiger partial charge on any atom is -0.508 e. The minimum absolute atomic E-state index is 0.0816. The number of ether oxygens (including phenoxy) is 2. The molecule has 2 saturated heterocycles. The van der Waals surface area contributed by atoms with Crippen LogP contribution < -0.4 is 5.32 Å². The third-order valence-corrected chi connectivity index (χ3v) is 6.19. The highest BCUT2D eigenvalue weighted by molar-refractivity contribution is 5.84. The van der Waals surface area contributed by atoms with Crippen molar-refractivity contribution in [3.63, 3.8) is 0 Å². The van der Waals surface area contributed by atoms with Gasteiger partial charge in [-0.1, -0.05) is 0 Å². The molecular weight excluding hydrogens is 366 g/mol. The molecule has 0 bridgehead atoms. The van der Waals surface area contributed by atoms with E-state index in [1.165, 1.54) is 5.56 Å². The Morgan fingerprint density at radius 2 is 1.93 bits per heavy atom. The highest BCUT2D eigenvalue weighted by atomic mass is 16.5.